The Hall–Kier alpha value is -5.99. The van der Waals surface area contributed by atoms with E-state index >= 15 is 8.78 Å². The van der Waals surface area contributed by atoms with Gasteiger partial charge in [-0.1, -0.05) is 45.4 Å². The van der Waals surface area contributed by atoms with E-state index in [2.05, 4.69) is 47.9 Å². The Morgan fingerprint density at radius 2 is 1.61 bits per heavy atom. The predicted molar refractivity (Wildman–Crippen MR) is 226 cm³/mol. The number of unbranched alkanes of at least 4 members (excludes halogenated alkanes) is 2. The predicted octanol–water partition coefficient (Wildman–Crippen LogP) is 3.31. The van der Waals surface area contributed by atoms with E-state index in [4.69, 9.17) is 27.1 Å². The van der Waals surface area contributed by atoms with Gasteiger partial charge in [0.1, 0.15) is 29.1 Å². The molecule has 18 nitrogen and oxygen atoms in total. The molecule has 2 atom stereocenters. The molecular formula is C41H57F2N11O7. The van der Waals surface area contributed by atoms with Crippen LogP contribution in [0, 0.1) is 17.6 Å². The molecular weight excluding hydrogens is 797 g/mol. The quantitative estimate of drug-likeness (QED) is 0.0354. The third-order valence-electron chi connectivity index (χ3n) is 9.78. The van der Waals surface area contributed by atoms with Gasteiger partial charge in [-0.05, 0) is 56.2 Å². The molecule has 20 heteroatoms. The van der Waals surface area contributed by atoms with Crippen molar-refractivity contribution in [2.75, 3.05) is 44.0 Å². The number of urea groups is 1. The molecule has 0 unspecified atom stereocenters. The summed E-state index contributed by atoms with van der Waals surface area (Å²) in [5, 5.41) is 13.3. The summed E-state index contributed by atoms with van der Waals surface area (Å²) in [4.78, 5) is 77.4. The smallest absolute Gasteiger partial charge is 0.312 e. The number of aromatic nitrogens is 3. The monoisotopic (exact) mass is 853 g/mol. The van der Waals surface area contributed by atoms with Crippen molar-refractivity contribution in [1.82, 2.24) is 35.8 Å². The second-order valence-electron chi connectivity index (χ2n) is 14.8. The third-order valence-corrected chi connectivity index (χ3v) is 9.78. The second-order valence-corrected chi connectivity index (χ2v) is 14.8. The standard InChI is InChI=1S/C41H57F2N11O7/c1-4-5-14-31-51-35-36(26-11-6-7-12-29(26)49-37(35)44)54(31)18-9-8-16-47-38(56)25-22-27(42)34(28(43)23-25)53-39(57)30(13-10-17-48-41(45)59)50-40(58)33(24(2)3)52-32(55)15-19-60-20-21-61-46/h6-7,11-12,22-24,30,33H,4-5,8-10,13-21,46H2,1-3H3,(H2,44,49)(H,47,56)(H,50,58)(H,52,55)(H,53,57)(H3,45,48,59)/t30-,33-/m0/s1. The summed E-state index contributed by atoms with van der Waals surface area (Å²) in [5.74, 6) is 0.387. The lowest BCUT2D eigenvalue weighted by atomic mass is 10.0. The number of rotatable bonds is 25. The average molecular weight is 854 g/mol. The zero-order valence-corrected chi connectivity index (χ0v) is 34.8. The Balaban J connectivity index is 1.38. The maximum atomic E-state index is 15.4. The number of carbonyl (C=O) groups is 5. The van der Waals surface area contributed by atoms with E-state index in [1.807, 2.05) is 24.3 Å². The summed E-state index contributed by atoms with van der Waals surface area (Å²) >= 11 is 0. The van der Waals surface area contributed by atoms with Gasteiger partial charge in [-0.25, -0.2) is 29.4 Å². The number of hydrogen-bond donors (Lipinski definition) is 8. The summed E-state index contributed by atoms with van der Waals surface area (Å²) in [7, 11) is 0. The molecule has 4 rings (SSSR count). The van der Waals surface area contributed by atoms with Gasteiger partial charge in [0.25, 0.3) is 5.91 Å². The molecule has 2 heterocycles. The van der Waals surface area contributed by atoms with E-state index < -0.39 is 65.0 Å². The minimum Gasteiger partial charge on any atom is -0.382 e. The molecule has 2 aromatic carbocycles. The Labute approximate surface area is 352 Å². The Bertz CT molecular complexity index is 2130. The van der Waals surface area contributed by atoms with Gasteiger partial charge < -0.3 is 52.2 Å². The number of pyridine rings is 1. The van der Waals surface area contributed by atoms with Crippen molar-refractivity contribution in [3.05, 3.63) is 59.4 Å². The number of para-hydroxylation sites is 1. The number of nitrogens with zero attached hydrogens (tertiary/aromatic N) is 3. The molecule has 0 spiro atoms. The topological polar surface area (TPSA) is 273 Å². The van der Waals surface area contributed by atoms with Gasteiger partial charge in [-0.3, -0.25) is 19.2 Å². The Kier molecular flexibility index (Phi) is 18.5. The molecule has 0 fully saturated rings. The molecule has 0 radical (unpaired) electrons. The second kappa shape index (κ2) is 23.7. The summed E-state index contributed by atoms with van der Waals surface area (Å²) in [6.07, 6.45) is 3.85. The summed E-state index contributed by atoms with van der Waals surface area (Å²) in [6, 6.07) is 6.07. The Morgan fingerprint density at radius 1 is 0.885 bits per heavy atom. The number of nitrogens with two attached hydrogens (primary N) is 3. The summed E-state index contributed by atoms with van der Waals surface area (Å²) in [5.41, 5.74) is 12.6. The number of primary amides is 1. The van der Waals surface area contributed by atoms with Crippen LogP contribution in [0.25, 0.3) is 21.9 Å². The van der Waals surface area contributed by atoms with Crippen LogP contribution in [-0.2, 0) is 36.9 Å². The van der Waals surface area contributed by atoms with Gasteiger partial charge >= 0.3 is 6.03 Å². The van der Waals surface area contributed by atoms with E-state index in [-0.39, 0.29) is 57.7 Å². The number of amides is 6. The number of nitrogen functional groups attached to an aromatic ring is 1. The average Bonchev–Trinajstić information content (AvgIpc) is 3.59. The van der Waals surface area contributed by atoms with E-state index in [9.17, 15) is 24.0 Å². The number of fused-ring (bicyclic) bond motifs is 3. The van der Waals surface area contributed by atoms with Crippen LogP contribution in [0.2, 0.25) is 0 Å². The van der Waals surface area contributed by atoms with Crippen LogP contribution in [0.3, 0.4) is 0 Å². The molecule has 2 aromatic heterocycles. The number of benzene rings is 2. The van der Waals surface area contributed by atoms with Crippen LogP contribution < -0.4 is 43.9 Å². The number of halogens is 2. The van der Waals surface area contributed by atoms with Crippen molar-refractivity contribution in [3.63, 3.8) is 0 Å². The highest BCUT2D eigenvalue weighted by Crippen LogP contribution is 2.30. The van der Waals surface area contributed by atoms with Crippen LogP contribution in [-0.4, -0.2) is 89.2 Å². The lowest BCUT2D eigenvalue weighted by Gasteiger charge is -2.25. The first-order chi connectivity index (χ1) is 29.2. The molecule has 6 amide bonds. The largest absolute Gasteiger partial charge is 0.382 e. The molecule has 4 aromatic rings. The van der Waals surface area contributed by atoms with Gasteiger partial charge in [0.2, 0.25) is 17.7 Å². The number of nitrogens with one attached hydrogen (secondary N) is 5. The highest BCUT2D eigenvalue weighted by atomic mass is 19.1. The van der Waals surface area contributed by atoms with Crippen LogP contribution in [0.4, 0.5) is 25.1 Å². The van der Waals surface area contributed by atoms with Crippen molar-refractivity contribution in [2.45, 2.75) is 90.8 Å². The molecule has 332 valence electrons. The summed E-state index contributed by atoms with van der Waals surface area (Å²) < 4.78 is 38.2. The number of imidazole rings is 1. The molecule has 0 aliphatic rings. The van der Waals surface area contributed by atoms with Gasteiger partial charge in [-0.2, -0.15) is 0 Å². The first-order valence-electron chi connectivity index (χ1n) is 20.4. The highest BCUT2D eigenvalue weighted by molar-refractivity contribution is 6.06. The molecule has 0 saturated carbocycles. The first kappa shape index (κ1) is 47.7. The van der Waals surface area contributed by atoms with Crippen molar-refractivity contribution in [2.24, 2.45) is 17.5 Å². The van der Waals surface area contributed by atoms with Crippen molar-refractivity contribution in [3.8, 4) is 0 Å². The van der Waals surface area contributed by atoms with Crippen LogP contribution in [0.15, 0.2) is 36.4 Å². The molecule has 0 saturated heterocycles. The van der Waals surface area contributed by atoms with Gasteiger partial charge in [-0.15, -0.1) is 0 Å². The number of carbonyl (C=O) groups excluding carboxylic acids is 5. The lowest BCUT2D eigenvalue weighted by molar-refractivity contribution is -0.132. The number of aryl methyl sites for hydroxylation is 2. The van der Waals surface area contributed by atoms with Crippen molar-refractivity contribution in [1.29, 1.82) is 0 Å². The van der Waals surface area contributed by atoms with Crippen LogP contribution in [0.5, 0.6) is 0 Å². The number of ether oxygens (including phenoxy) is 1. The minimum atomic E-state index is -1.36. The van der Waals surface area contributed by atoms with Gasteiger partial charge in [0, 0.05) is 43.4 Å². The van der Waals surface area contributed by atoms with E-state index in [1.54, 1.807) is 13.8 Å². The normalized spacial score (nSPS) is 12.3. The van der Waals surface area contributed by atoms with E-state index in [0.29, 0.717) is 30.7 Å². The molecule has 0 aliphatic carbocycles. The van der Waals surface area contributed by atoms with E-state index in [0.717, 1.165) is 53.6 Å². The molecule has 0 bridgehead atoms. The molecule has 61 heavy (non-hydrogen) atoms. The highest BCUT2D eigenvalue weighted by Gasteiger charge is 2.30. The lowest BCUT2D eigenvalue weighted by Crippen LogP contribution is -2.54. The molecule has 11 N–H and O–H groups in total. The Morgan fingerprint density at radius 3 is 2.30 bits per heavy atom. The van der Waals surface area contributed by atoms with Gasteiger partial charge in [0.05, 0.1) is 30.9 Å². The van der Waals surface area contributed by atoms with Crippen LogP contribution >= 0.6 is 0 Å². The maximum Gasteiger partial charge on any atom is 0.312 e. The fourth-order valence-electron chi connectivity index (χ4n) is 6.61. The number of hydrogen-bond acceptors (Lipinski definition) is 11. The fourth-order valence-corrected chi connectivity index (χ4v) is 6.61. The first-order valence-corrected chi connectivity index (χ1v) is 20.4. The summed E-state index contributed by atoms with van der Waals surface area (Å²) in [6.45, 7) is 6.63. The zero-order chi connectivity index (χ0) is 44.5. The third kappa shape index (κ3) is 13.8. The number of anilines is 2. The molecule has 0 aliphatic heterocycles. The SMILES string of the molecule is CCCCc1nc2c(N)nc3ccccc3c2n1CCCCNC(=O)c1cc(F)c(NC(=O)[C@H](CCCNC(N)=O)NC(=O)[C@@H](NC(=O)CCOCCON)C(C)C)c(F)c1. The van der Waals surface area contributed by atoms with Crippen LogP contribution in [0.1, 0.15) is 81.9 Å². The minimum absolute atomic E-state index is 0.0333. The maximum absolute atomic E-state index is 15.4. The zero-order valence-electron chi connectivity index (χ0n) is 34.8. The van der Waals surface area contributed by atoms with E-state index in [1.165, 1.54) is 0 Å². The van der Waals surface area contributed by atoms with Gasteiger partial charge in [0.15, 0.2) is 17.5 Å². The van der Waals surface area contributed by atoms with Crippen molar-refractivity contribution < 1.29 is 42.3 Å². The van der Waals surface area contributed by atoms with Crippen molar-refractivity contribution >= 4 is 63.1 Å². The fraction of sp³-hybridized carbons (Fsp3) is 0.488.